The van der Waals surface area contributed by atoms with Gasteiger partial charge in [0.1, 0.15) is 0 Å². The first kappa shape index (κ1) is 15.7. The molecule has 0 spiro atoms. The number of ether oxygens (including phenoxy) is 1. The van der Waals surface area contributed by atoms with Crippen molar-refractivity contribution in [2.75, 3.05) is 31.6 Å². The first-order chi connectivity index (χ1) is 12.3. The fourth-order valence-corrected chi connectivity index (χ4v) is 5.20. The summed E-state index contributed by atoms with van der Waals surface area (Å²) in [7, 11) is 0. The van der Waals surface area contributed by atoms with E-state index in [4.69, 9.17) is 16.3 Å². The maximum atomic E-state index is 6.52. The molecule has 25 heavy (non-hydrogen) atoms. The van der Waals surface area contributed by atoms with E-state index in [1.54, 1.807) is 0 Å². The molecule has 1 fully saturated rings. The minimum Gasteiger partial charge on any atom is -0.379 e. The summed E-state index contributed by atoms with van der Waals surface area (Å²) in [5.41, 5.74) is 5.55. The van der Waals surface area contributed by atoms with Gasteiger partial charge in [0, 0.05) is 35.8 Å². The second-order valence-electron chi connectivity index (χ2n) is 7.30. The Morgan fingerprint density at radius 3 is 2.60 bits per heavy atom. The Labute approximate surface area is 153 Å². The number of rotatable bonds is 2. The molecular formula is C21H23ClN2O. The number of morpholine rings is 1. The SMILES string of the molecule is Clc1ccccc1C1Nc2cccc3c2C1CCC3N1CCOCC1. The van der Waals surface area contributed by atoms with Crippen LogP contribution in [0.4, 0.5) is 5.69 Å². The molecule has 3 aliphatic rings. The van der Waals surface area contributed by atoms with Crippen molar-refractivity contribution in [2.24, 2.45) is 0 Å². The minimum atomic E-state index is 0.287. The summed E-state index contributed by atoms with van der Waals surface area (Å²) in [6.07, 6.45) is 2.42. The Morgan fingerprint density at radius 2 is 1.76 bits per heavy atom. The fourth-order valence-electron chi connectivity index (χ4n) is 4.94. The Kier molecular flexibility index (Phi) is 3.96. The van der Waals surface area contributed by atoms with E-state index in [0.29, 0.717) is 12.0 Å². The van der Waals surface area contributed by atoms with E-state index in [1.807, 2.05) is 12.1 Å². The van der Waals surface area contributed by atoms with Gasteiger partial charge in [-0.3, -0.25) is 4.90 Å². The molecule has 3 nitrogen and oxygen atoms in total. The van der Waals surface area contributed by atoms with E-state index in [9.17, 15) is 0 Å². The number of benzene rings is 2. The van der Waals surface area contributed by atoms with Crippen LogP contribution in [0.5, 0.6) is 0 Å². The maximum Gasteiger partial charge on any atom is 0.0597 e. The zero-order valence-electron chi connectivity index (χ0n) is 14.2. The van der Waals surface area contributed by atoms with Crippen molar-refractivity contribution in [1.82, 2.24) is 4.90 Å². The summed E-state index contributed by atoms with van der Waals surface area (Å²) < 4.78 is 5.56. The molecule has 2 heterocycles. The lowest BCUT2D eigenvalue weighted by molar-refractivity contribution is 0.0116. The second-order valence-corrected chi connectivity index (χ2v) is 7.71. The predicted molar refractivity (Wildman–Crippen MR) is 101 cm³/mol. The lowest BCUT2D eigenvalue weighted by Crippen LogP contribution is -2.40. The van der Waals surface area contributed by atoms with Crippen molar-refractivity contribution < 1.29 is 4.74 Å². The highest BCUT2D eigenvalue weighted by molar-refractivity contribution is 6.31. The molecule has 4 heteroatoms. The van der Waals surface area contributed by atoms with Crippen LogP contribution in [0.2, 0.25) is 5.02 Å². The highest BCUT2D eigenvalue weighted by Crippen LogP contribution is 2.54. The summed E-state index contributed by atoms with van der Waals surface area (Å²) in [5.74, 6) is 0.517. The molecule has 3 unspecified atom stereocenters. The lowest BCUT2D eigenvalue weighted by atomic mass is 9.76. The van der Waals surface area contributed by atoms with Gasteiger partial charge < -0.3 is 10.1 Å². The molecule has 1 aliphatic carbocycles. The van der Waals surface area contributed by atoms with Gasteiger partial charge in [-0.25, -0.2) is 0 Å². The van der Waals surface area contributed by atoms with Gasteiger partial charge >= 0.3 is 0 Å². The van der Waals surface area contributed by atoms with Crippen molar-refractivity contribution in [3.8, 4) is 0 Å². The first-order valence-electron chi connectivity index (χ1n) is 9.28. The quantitative estimate of drug-likeness (QED) is 0.841. The van der Waals surface area contributed by atoms with Crippen molar-refractivity contribution in [2.45, 2.75) is 30.8 Å². The summed E-state index contributed by atoms with van der Waals surface area (Å²) >= 11 is 6.52. The number of hydrogen-bond acceptors (Lipinski definition) is 3. The Morgan fingerprint density at radius 1 is 0.960 bits per heavy atom. The number of hydrogen-bond donors (Lipinski definition) is 1. The van der Waals surface area contributed by atoms with E-state index in [2.05, 4.69) is 40.5 Å². The van der Waals surface area contributed by atoms with Gasteiger partial charge in [-0.15, -0.1) is 0 Å². The van der Waals surface area contributed by atoms with Crippen molar-refractivity contribution in [3.05, 3.63) is 64.2 Å². The minimum absolute atomic E-state index is 0.287. The van der Waals surface area contributed by atoms with Crippen LogP contribution in [-0.2, 0) is 4.74 Å². The van der Waals surface area contributed by atoms with Gasteiger partial charge in [0.05, 0.1) is 19.3 Å². The van der Waals surface area contributed by atoms with Crippen LogP contribution in [0.3, 0.4) is 0 Å². The van der Waals surface area contributed by atoms with Crippen molar-refractivity contribution in [1.29, 1.82) is 0 Å². The van der Waals surface area contributed by atoms with E-state index >= 15 is 0 Å². The van der Waals surface area contributed by atoms with Crippen LogP contribution in [0.15, 0.2) is 42.5 Å². The van der Waals surface area contributed by atoms with Crippen molar-refractivity contribution in [3.63, 3.8) is 0 Å². The van der Waals surface area contributed by atoms with E-state index in [0.717, 1.165) is 31.3 Å². The smallest absolute Gasteiger partial charge is 0.0597 e. The third kappa shape index (κ3) is 2.57. The van der Waals surface area contributed by atoms with E-state index < -0.39 is 0 Å². The largest absolute Gasteiger partial charge is 0.379 e. The molecule has 0 amide bonds. The van der Waals surface area contributed by atoms with Crippen LogP contribution in [0.25, 0.3) is 0 Å². The summed E-state index contributed by atoms with van der Waals surface area (Å²) in [6.45, 7) is 3.80. The zero-order valence-corrected chi connectivity index (χ0v) is 15.0. The van der Waals surface area contributed by atoms with E-state index in [1.165, 1.54) is 35.2 Å². The standard InChI is InChI=1S/C21H23ClN2O/c22-17-6-2-1-4-14(17)21-16-8-9-19(24-10-12-25-13-11-24)15-5-3-7-18(23-21)20(15)16/h1-7,16,19,21,23H,8-13H2. The molecular weight excluding hydrogens is 332 g/mol. The second kappa shape index (κ2) is 6.31. The summed E-state index contributed by atoms with van der Waals surface area (Å²) in [6, 6.07) is 15.8. The van der Waals surface area contributed by atoms with Gasteiger partial charge in [-0.2, -0.15) is 0 Å². The van der Waals surface area contributed by atoms with Crippen LogP contribution in [-0.4, -0.2) is 31.2 Å². The molecule has 5 rings (SSSR count). The Balaban J connectivity index is 1.53. The van der Waals surface area contributed by atoms with Crippen LogP contribution >= 0.6 is 11.6 Å². The molecule has 0 radical (unpaired) electrons. The van der Waals surface area contributed by atoms with Gasteiger partial charge in [-0.05, 0) is 41.7 Å². The Bertz CT molecular complexity index is 787. The molecule has 1 saturated heterocycles. The molecule has 2 aromatic carbocycles. The monoisotopic (exact) mass is 354 g/mol. The molecule has 130 valence electrons. The van der Waals surface area contributed by atoms with Crippen LogP contribution < -0.4 is 5.32 Å². The molecule has 0 bridgehead atoms. The Hall–Kier alpha value is -1.55. The predicted octanol–water partition coefficient (Wildman–Crippen LogP) is 4.76. The van der Waals surface area contributed by atoms with Gasteiger partial charge in [0.25, 0.3) is 0 Å². The van der Waals surface area contributed by atoms with E-state index in [-0.39, 0.29) is 6.04 Å². The fraction of sp³-hybridized carbons (Fsp3) is 0.429. The summed E-state index contributed by atoms with van der Waals surface area (Å²) in [5, 5.41) is 4.63. The molecule has 2 aromatic rings. The van der Waals surface area contributed by atoms with Crippen LogP contribution in [0, 0.1) is 0 Å². The number of halogens is 1. The summed E-state index contributed by atoms with van der Waals surface area (Å²) in [4.78, 5) is 2.61. The highest BCUT2D eigenvalue weighted by atomic mass is 35.5. The van der Waals surface area contributed by atoms with Crippen LogP contribution in [0.1, 0.15) is 47.5 Å². The number of anilines is 1. The third-order valence-electron chi connectivity index (χ3n) is 6.06. The van der Waals surface area contributed by atoms with Gasteiger partial charge in [-0.1, -0.05) is 41.9 Å². The third-order valence-corrected chi connectivity index (χ3v) is 6.41. The lowest BCUT2D eigenvalue weighted by Gasteiger charge is -2.40. The van der Waals surface area contributed by atoms with Gasteiger partial charge in [0.2, 0.25) is 0 Å². The zero-order chi connectivity index (χ0) is 16.8. The van der Waals surface area contributed by atoms with Crippen molar-refractivity contribution >= 4 is 17.3 Å². The molecule has 1 N–H and O–H groups in total. The average molecular weight is 355 g/mol. The number of nitrogens with zero attached hydrogens (tertiary/aromatic N) is 1. The molecule has 0 aromatic heterocycles. The maximum absolute atomic E-state index is 6.52. The van der Waals surface area contributed by atoms with Gasteiger partial charge in [0.15, 0.2) is 0 Å². The average Bonchev–Trinajstić information content (AvgIpc) is 3.04. The molecule has 2 aliphatic heterocycles. The normalized spacial score (nSPS) is 28.4. The molecule has 0 saturated carbocycles. The highest BCUT2D eigenvalue weighted by Gasteiger charge is 2.41. The topological polar surface area (TPSA) is 24.5 Å². The number of nitrogens with one attached hydrogen (secondary N) is 1. The molecule has 3 atom stereocenters. The first-order valence-corrected chi connectivity index (χ1v) is 9.66.